The average Bonchev–Trinajstić information content (AvgIpc) is 2.88. The van der Waals surface area contributed by atoms with Crippen LogP contribution in [0.25, 0.3) is 21.9 Å². The molecule has 1 aliphatic rings. The van der Waals surface area contributed by atoms with Crippen LogP contribution in [0.5, 0.6) is 5.75 Å². The van der Waals surface area contributed by atoms with Gasteiger partial charge in [0, 0.05) is 22.4 Å². The van der Waals surface area contributed by atoms with Gasteiger partial charge >= 0.3 is 0 Å². The van der Waals surface area contributed by atoms with Crippen LogP contribution >= 0.6 is 0 Å². The second kappa shape index (κ2) is 10.4. The first-order valence-electron chi connectivity index (χ1n) is 11.7. The second-order valence-corrected chi connectivity index (χ2v) is 9.07. The molecule has 0 unspecified atom stereocenters. The third kappa shape index (κ3) is 4.93. The first kappa shape index (κ1) is 25.6. The van der Waals surface area contributed by atoms with E-state index in [1.54, 1.807) is 19.1 Å². The van der Waals surface area contributed by atoms with Crippen LogP contribution in [-0.2, 0) is 9.47 Å². The number of halogens is 5. The normalized spacial score (nSPS) is 17.4. The lowest BCUT2D eigenvalue weighted by Crippen LogP contribution is -2.31. The molecule has 0 N–H and O–H groups in total. The molecule has 0 spiro atoms. The molecule has 4 aromatic carbocycles. The fraction of sp³-hybridized carbons (Fsp3) is 0.207. The molecule has 0 bridgehead atoms. The molecule has 1 saturated heterocycles. The fourth-order valence-electron chi connectivity index (χ4n) is 4.34. The van der Waals surface area contributed by atoms with E-state index in [-0.39, 0.29) is 47.6 Å². The van der Waals surface area contributed by atoms with Gasteiger partial charge in [-0.3, -0.25) is 0 Å². The Balaban J connectivity index is 1.23. The average molecular weight is 525 g/mol. The molecule has 0 saturated carbocycles. The van der Waals surface area contributed by atoms with E-state index in [1.165, 1.54) is 30.3 Å². The molecule has 1 heterocycles. The van der Waals surface area contributed by atoms with E-state index < -0.39 is 46.7 Å². The number of hydrogen-bond acceptors (Lipinski definition) is 4. The summed E-state index contributed by atoms with van der Waals surface area (Å²) in [6.07, 6.45) is -0.824. The van der Waals surface area contributed by atoms with Crippen LogP contribution in [0.15, 0.2) is 54.6 Å². The maximum atomic E-state index is 14.7. The molecule has 4 nitrogen and oxygen atoms in total. The van der Waals surface area contributed by atoms with Crippen LogP contribution in [0, 0.1) is 53.3 Å². The largest absolute Gasteiger partial charge is 0.487 e. The highest BCUT2D eigenvalue weighted by Gasteiger charge is 2.26. The van der Waals surface area contributed by atoms with E-state index in [0.717, 1.165) is 18.2 Å². The zero-order valence-electron chi connectivity index (χ0n) is 20.0. The van der Waals surface area contributed by atoms with Gasteiger partial charge in [-0.05, 0) is 53.8 Å². The number of nitrogens with zero attached hydrogens (tertiary/aromatic N) is 1. The minimum absolute atomic E-state index is 0.0519. The number of rotatable bonds is 5. The number of aryl methyl sites for hydroxylation is 1. The van der Waals surface area contributed by atoms with Crippen molar-refractivity contribution in [2.75, 3.05) is 19.8 Å². The lowest BCUT2D eigenvalue weighted by Gasteiger charge is -2.29. The summed E-state index contributed by atoms with van der Waals surface area (Å²) in [4.78, 5) is 0. The van der Waals surface area contributed by atoms with Crippen LogP contribution < -0.4 is 4.74 Å². The SMILES string of the molecule is Cc1ccc(-c2cc(F)c(OCC3COC(c4ccc5c(F)c(C#N)c(F)cc5c4)OC3)c(F)c2)c(F)c1. The van der Waals surface area contributed by atoms with Crippen LogP contribution in [0.3, 0.4) is 0 Å². The van der Waals surface area contributed by atoms with Crippen LogP contribution in [-0.4, -0.2) is 19.8 Å². The maximum absolute atomic E-state index is 14.7. The van der Waals surface area contributed by atoms with Gasteiger partial charge in [0.2, 0.25) is 0 Å². The summed E-state index contributed by atoms with van der Waals surface area (Å²) in [5.74, 6) is -5.36. The molecule has 0 aliphatic carbocycles. The lowest BCUT2D eigenvalue weighted by atomic mass is 10.0. The number of fused-ring (bicyclic) bond motifs is 1. The van der Waals surface area contributed by atoms with Crippen molar-refractivity contribution in [3.63, 3.8) is 0 Å². The van der Waals surface area contributed by atoms with Gasteiger partial charge < -0.3 is 14.2 Å². The van der Waals surface area contributed by atoms with E-state index in [4.69, 9.17) is 19.5 Å². The Morgan fingerprint density at radius 3 is 2.24 bits per heavy atom. The Bertz CT molecular complexity index is 1550. The molecule has 0 atom stereocenters. The molecule has 5 rings (SSSR count). The van der Waals surface area contributed by atoms with Crippen molar-refractivity contribution < 1.29 is 36.2 Å². The second-order valence-electron chi connectivity index (χ2n) is 9.07. The molecule has 38 heavy (non-hydrogen) atoms. The number of benzene rings is 4. The summed E-state index contributed by atoms with van der Waals surface area (Å²) in [6, 6.07) is 13.5. The Kier molecular flexibility index (Phi) is 7.02. The molecule has 9 heteroatoms. The zero-order valence-corrected chi connectivity index (χ0v) is 20.0. The number of ether oxygens (including phenoxy) is 3. The molecule has 4 aromatic rings. The monoisotopic (exact) mass is 525 g/mol. The van der Waals surface area contributed by atoms with Gasteiger partial charge in [-0.2, -0.15) is 5.26 Å². The van der Waals surface area contributed by atoms with Gasteiger partial charge in [-0.25, -0.2) is 22.0 Å². The topological polar surface area (TPSA) is 51.5 Å². The summed E-state index contributed by atoms with van der Waals surface area (Å²) in [7, 11) is 0. The van der Waals surface area contributed by atoms with Gasteiger partial charge in [-0.1, -0.05) is 24.3 Å². The molecule has 0 radical (unpaired) electrons. The Morgan fingerprint density at radius 1 is 0.868 bits per heavy atom. The first-order chi connectivity index (χ1) is 18.2. The van der Waals surface area contributed by atoms with Gasteiger partial charge in [0.25, 0.3) is 0 Å². The third-order valence-corrected chi connectivity index (χ3v) is 6.30. The summed E-state index contributed by atoms with van der Waals surface area (Å²) >= 11 is 0. The highest BCUT2D eigenvalue weighted by molar-refractivity contribution is 5.85. The predicted octanol–water partition coefficient (Wildman–Crippen LogP) is 7.12. The summed E-state index contributed by atoms with van der Waals surface area (Å²) in [5, 5.41) is 9.27. The molecular weight excluding hydrogens is 505 g/mol. The zero-order chi connectivity index (χ0) is 27.0. The molecule has 1 aliphatic heterocycles. The van der Waals surface area contributed by atoms with Gasteiger partial charge in [0.1, 0.15) is 23.3 Å². The fourth-order valence-corrected chi connectivity index (χ4v) is 4.34. The van der Waals surface area contributed by atoms with Crippen molar-refractivity contribution in [1.29, 1.82) is 5.26 Å². The molecule has 0 aromatic heterocycles. The van der Waals surface area contributed by atoms with E-state index in [1.807, 2.05) is 0 Å². The quantitative estimate of drug-likeness (QED) is 0.260. The predicted molar refractivity (Wildman–Crippen MR) is 129 cm³/mol. The minimum atomic E-state index is -0.967. The highest BCUT2D eigenvalue weighted by atomic mass is 19.1. The van der Waals surface area contributed by atoms with Crippen molar-refractivity contribution in [2.24, 2.45) is 5.92 Å². The molecular formula is C29H20F5NO3. The highest BCUT2D eigenvalue weighted by Crippen LogP contribution is 2.33. The van der Waals surface area contributed by atoms with Crippen LogP contribution in [0.1, 0.15) is 23.0 Å². The standard InChI is InChI=1S/C29H20F5NO3/c1-15-2-4-20(23(30)6-15)19-9-25(32)28(26(33)10-19)36-12-16-13-37-29(38-14-16)17-3-5-21-18(7-17)8-24(31)22(11-35)27(21)34/h2-10,16,29H,12-14H2,1H3. The summed E-state index contributed by atoms with van der Waals surface area (Å²) in [5.41, 5.74) is 0.671. The van der Waals surface area contributed by atoms with Gasteiger partial charge in [-0.15, -0.1) is 0 Å². The molecule has 0 amide bonds. The molecule has 1 fully saturated rings. The van der Waals surface area contributed by atoms with Gasteiger partial charge in [0.15, 0.2) is 29.5 Å². The van der Waals surface area contributed by atoms with E-state index in [9.17, 15) is 22.0 Å². The van der Waals surface area contributed by atoms with Gasteiger partial charge in [0.05, 0.1) is 19.8 Å². The lowest BCUT2D eigenvalue weighted by molar-refractivity contribution is -0.208. The van der Waals surface area contributed by atoms with Crippen molar-refractivity contribution in [2.45, 2.75) is 13.2 Å². The Hall–Kier alpha value is -4.00. The minimum Gasteiger partial charge on any atom is -0.487 e. The van der Waals surface area contributed by atoms with Crippen molar-refractivity contribution in [3.05, 3.63) is 100 Å². The van der Waals surface area contributed by atoms with E-state index in [2.05, 4.69) is 0 Å². The van der Waals surface area contributed by atoms with Crippen LogP contribution in [0.4, 0.5) is 22.0 Å². The van der Waals surface area contributed by atoms with Crippen molar-refractivity contribution >= 4 is 10.8 Å². The Morgan fingerprint density at radius 2 is 1.58 bits per heavy atom. The van der Waals surface area contributed by atoms with E-state index >= 15 is 0 Å². The Labute approximate surface area is 214 Å². The first-order valence-corrected chi connectivity index (χ1v) is 11.7. The third-order valence-electron chi connectivity index (χ3n) is 6.30. The molecule has 194 valence electrons. The maximum Gasteiger partial charge on any atom is 0.190 e. The van der Waals surface area contributed by atoms with Crippen molar-refractivity contribution in [3.8, 4) is 22.9 Å². The smallest absolute Gasteiger partial charge is 0.190 e. The number of nitriles is 1. The van der Waals surface area contributed by atoms with Crippen molar-refractivity contribution in [1.82, 2.24) is 0 Å². The van der Waals surface area contributed by atoms with Crippen LogP contribution in [0.2, 0.25) is 0 Å². The van der Waals surface area contributed by atoms with E-state index in [0.29, 0.717) is 11.1 Å². The number of hydrogen-bond donors (Lipinski definition) is 0. The summed E-state index contributed by atoms with van der Waals surface area (Å²) < 4.78 is 88.7. The summed E-state index contributed by atoms with van der Waals surface area (Å²) in [6.45, 7) is 1.87.